The second-order valence-corrected chi connectivity index (χ2v) is 5.52. The maximum absolute atomic E-state index is 5.91. The number of aromatic nitrogens is 2. The Morgan fingerprint density at radius 3 is 2.67 bits per heavy atom. The molecule has 0 saturated heterocycles. The van der Waals surface area contributed by atoms with Crippen molar-refractivity contribution in [2.45, 2.75) is 27.2 Å². The van der Waals surface area contributed by atoms with Crippen LogP contribution in [-0.4, -0.2) is 9.38 Å². The molecule has 0 spiro atoms. The SMILES string of the molecule is CC(C)(C)Cc1cn2cc(Cl)ccc2n1. The molecule has 0 bridgehead atoms. The fourth-order valence-electron chi connectivity index (χ4n) is 1.65. The van der Waals surface area contributed by atoms with E-state index in [0.717, 1.165) is 22.8 Å². The largest absolute Gasteiger partial charge is 0.305 e. The third kappa shape index (κ3) is 2.51. The predicted molar refractivity (Wildman–Crippen MR) is 63.4 cm³/mol. The van der Waals surface area contributed by atoms with Crippen molar-refractivity contribution in [3.8, 4) is 0 Å². The first-order chi connectivity index (χ1) is 6.94. The minimum atomic E-state index is 0.266. The second-order valence-electron chi connectivity index (χ2n) is 5.08. The molecule has 2 heterocycles. The molecule has 15 heavy (non-hydrogen) atoms. The zero-order chi connectivity index (χ0) is 11.1. The lowest BCUT2D eigenvalue weighted by Gasteiger charge is -2.15. The number of halogens is 1. The molecule has 0 aromatic carbocycles. The zero-order valence-electron chi connectivity index (χ0n) is 9.29. The van der Waals surface area contributed by atoms with Gasteiger partial charge in [-0.1, -0.05) is 32.4 Å². The van der Waals surface area contributed by atoms with Crippen LogP contribution in [0.2, 0.25) is 5.02 Å². The molecular weight excluding hydrogens is 208 g/mol. The lowest BCUT2D eigenvalue weighted by molar-refractivity contribution is 0.407. The van der Waals surface area contributed by atoms with Crippen molar-refractivity contribution in [2.24, 2.45) is 5.41 Å². The third-order valence-corrected chi connectivity index (χ3v) is 2.40. The maximum atomic E-state index is 5.91. The fraction of sp³-hybridized carbons (Fsp3) is 0.417. The minimum absolute atomic E-state index is 0.266. The molecule has 0 saturated carbocycles. The maximum Gasteiger partial charge on any atom is 0.137 e. The summed E-state index contributed by atoms with van der Waals surface area (Å²) in [6.45, 7) is 6.64. The third-order valence-electron chi connectivity index (χ3n) is 2.18. The summed E-state index contributed by atoms with van der Waals surface area (Å²) in [7, 11) is 0. The van der Waals surface area contributed by atoms with Crippen LogP contribution >= 0.6 is 11.6 Å². The zero-order valence-corrected chi connectivity index (χ0v) is 10.0. The smallest absolute Gasteiger partial charge is 0.137 e. The summed E-state index contributed by atoms with van der Waals surface area (Å²) in [6, 6.07) is 3.80. The van der Waals surface area contributed by atoms with Crippen LogP contribution in [0.4, 0.5) is 0 Å². The summed E-state index contributed by atoms with van der Waals surface area (Å²) in [5.41, 5.74) is 2.34. The standard InChI is InChI=1S/C12H15ClN2/c1-12(2,3)6-10-8-15-7-9(13)4-5-11(15)14-10/h4-5,7-8H,6H2,1-3H3. The Balaban J connectivity index is 2.39. The molecule has 0 radical (unpaired) electrons. The Bertz CT molecular complexity index is 480. The highest BCUT2D eigenvalue weighted by Crippen LogP contribution is 2.20. The molecule has 0 unspecified atom stereocenters. The minimum Gasteiger partial charge on any atom is -0.305 e. The molecular formula is C12H15ClN2. The van der Waals surface area contributed by atoms with E-state index < -0.39 is 0 Å². The van der Waals surface area contributed by atoms with Gasteiger partial charge in [0.1, 0.15) is 5.65 Å². The predicted octanol–water partition coefficient (Wildman–Crippen LogP) is 3.58. The van der Waals surface area contributed by atoms with Crippen molar-refractivity contribution >= 4 is 17.2 Å². The van der Waals surface area contributed by atoms with E-state index in [9.17, 15) is 0 Å². The summed E-state index contributed by atoms with van der Waals surface area (Å²) in [5.74, 6) is 0. The van der Waals surface area contributed by atoms with Gasteiger partial charge in [0.2, 0.25) is 0 Å². The highest BCUT2D eigenvalue weighted by atomic mass is 35.5. The van der Waals surface area contributed by atoms with Crippen molar-refractivity contribution in [3.63, 3.8) is 0 Å². The van der Waals surface area contributed by atoms with Crippen LogP contribution in [0, 0.1) is 5.41 Å². The van der Waals surface area contributed by atoms with E-state index in [0.29, 0.717) is 0 Å². The highest BCUT2D eigenvalue weighted by molar-refractivity contribution is 6.30. The Kier molecular flexibility index (Phi) is 2.47. The lowest BCUT2D eigenvalue weighted by Crippen LogP contribution is -2.09. The van der Waals surface area contributed by atoms with Gasteiger partial charge in [-0.25, -0.2) is 4.98 Å². The van der Waals surface area contributed by atoms with Gasteiger partial charge in [0.15, 0.2) is 0 Å². The number of imidazole rings is 1. The molecule has 2 aromatic rings. The number of hydrogen-bond donors (Lipinski definition) is 0. The van der Waals surface area contributed by atoms with Crippen LogP contribution in [-0.2, 0) is 6.42 Å². The molecule has 0 aliphatic heterocycles. The number of hydrogen-bond acceptors (Lipinski definition) is 1. The average Bonchev–Trinajstić information content (AvgIpc) is 2.42. The van der Waals surface area contributed by atoms with Crippen LogP contribution < -0.4 is 0 Å². The first-order valence-electron chi connectivity index (χ1n) is 5.07. The van der Waals surface area contributed by atoms with Gasteiger partial charge in [-0.3, -0.25) is 0 Å². The highest BCUT2D eigenvalue weighted by Gasteiger charge is 2.13. The van der Waals surface area contributed by atoms with Crippen molar-refractivity contribution in [3.05, 3.63) is 35.2 Å². The lowest BCUT2D eigenvalue weighted by atomic mass is 9.91. The Hall–Kier alpha value is -1.02. The number of rotatable bonds is 1. The van der Waals surface area contributed by atoms with Crippen molar-refractivity contribution in [1.29, 1.82) is 0 Å². The molecule has 0 N–H and O–H groups in total. The van der Waals surface area contributed by atoms with Gasteiger partial charge >= 0.3 is 0 Å². The summed E-state index contributed by atoms with van der Waals surface area (Å²) in [5, 5.41) is 0.738. The first kappa shape index (κ1) is 10.5. The summed E-state index contributed by atoms with van der Waals surface area (Å²) < 4.78 is 1.98. The van der Waals surface area contributed by atoms with Gasteiger partial charge in [0, 0.05) is 12.4 Å². The Morgan fingerprint density at radius 2 is 2.00 bits per heavy atom. The van der Waals surface area contributed by atoms with Gasteiger partial charge in [0.25, 0.3) is 0 Å². The van der Waals surface area contributed by atoms with E-state index in [4.69, 9.17) is 11.6 Å². The van der Waals surface area contributed by atoms with Crippen LogP contribution in [0.25, 0.3) is 5.65 Å². The second kappa shape index (κ2) is 3.53. The molecule has 80 valence electrons. The van der Waals surface area contributed by atoms with Crippen molar-refractivity contribution in [2.75, 3.05) is 0 Å². The summed E-state index contributed by atoms with van der Waals surface area (Å²) in [4.78, 5) is 4.54. The van der Waals surface area contributed by atoms with Crippen LogP contribution in [0.1, 0.15) is 26.5 Å². The topological polar surface area (TPSA) is 17.3 Å². The normalized spacial score (nSPS) is 12.3. The number of pyridine rings is 1. The van der Waals surface area contributed by atoms with Gasteiger partial charge in [-0.2, -0.15) is 0 Å². The quantitative estimate of drug-likeness (QED) is 0.721. The van der Waals surface area contributed by atoms with Crippen molar-refractivity contribution < 1.29 is 0 Å². The average molecular weight is 223 g/mol. The molecule has 2 aromatic heterocycles. The molecule has 0 fully saturated rings. The monoisotopic (exact) mass is 222 g/mol. The van der Waals surface area contributed by atoms with Gasteiger partial charge in [0.05, 0.1) is 10.7 Å². The number of nitrogens with zero attached hydrogens (tertiary/aromatic N) is 2. The fourth-order valence-corrected chi connectivity index (χ4v) is 1.81. The van der Waals surface area contributed by atoms with E-state index in [1.54, 1.807) is 0 Å². The molecule has 0 aliphatic carbocycles. The first-order valence-corrected chi connectivity index (χ1v) is 5.45. The van der Waals surface area contributed by atoms with Gasteiger partial charge < -0.3 is 4.40 Å². The molecule has 2 nitrogen and oxygen atoms in total. The van der Waals surface area contributed by atoms with E-state index in [-0.39, 0.29) is 5.41 Å². The van der Waals surface area contributed by atoms with E-state index in [1.807, 2.05) is 28.9 Å². The Morgan fingerprint density at radius 1 is 1.27 bits per heavy atom. The summed E-state index contributed by atoms with van der Waals surface area (Å²) in [6.07, 6.45) is 4.91. The molecule has 3 heteroatoms. The molecule has 0 aliphatic rings. The van der Waals surface area contributed by atoms with Gasteiger partial charge in [-0.15, -0.1) is 0 Å². The van der Waals surface area contributed by atoms with Crippen LogP contribution in [0.5, 0.6) is 0 Å². The summed E-state index contributed by atoms with van der Waals surface area (Å²) >= 11 is 5.91. The van der Waals surface area contributed by atoms with Crippen LogP contribution in [0.3, 0.4) is 0 Å². The van der Waals surface area contributed by atoms with E-state index in [1.165, 1.54) is 0 Å². The van der Waals surface area contributed by atoms with E-state index >= 15 is 0 Å². The molecule has 2 rings (SSSR count). The molecule has 0 atom stereocenters. The van der Waals surface area contributed by atoms with Gasteiger partial charge in [-0.05, 0) is 24.0 Å². The van der Waals surface area contributed by atoms with Crippen molar-refractivity contribution in [1.82, 2.24) is 9.38 Å². The number of fused-ring (bicyclic) bond motifs is 1. The van der Waals surface area contributed by atoms with Crippen LogP contribution in [0.15, 0.2) is 24.5 Å². The van der Waals surface area contributed by atoms with E-state index in [2.05, 4.69) is 25.8 Å². The Labute approximate surface area is 94.9 Å². The molecule has 0 amide bonds.